The van der Waals surface area contributed by atoms with Crippen LogP contribution in [0.1, 0.15) is 5.56 Å². The van der Waals surface area contributed by atoms with Crippen molar-refractivity contribution in [3.63, 3.8) is 0 Å². The standard InChI is InChI=1S/C13H12N6S/c1-9-8-15-12(7-11(9)14)20-13-16-17-18-19(13)10-5-3-2-4-6-10/h2-8H,1H3,(H2,14,15). The van der Waals surface area contributed by atoms with Gasteiger partial charge in [0.1, 0.15) is 5.03 Å². The number of aryl methyl sites for hydroxylation is 1. The molecule has 20 heavy (non-hydrogen) atoms. The lowest BCUT2D eigenvalue weighted by atomic mass is 10.3. The van der Waals surface area contributed by atoms with E-state index in [4.69, 9.17) is 5.73 Å². The Morgan fingerprint density at radius 3 is 2.75 bits per heavy atom. The van der Waals surface area contributed by atoms with Gasteiger partial charge in [-0.15, -0.1) is 5.10 Å². The average Bonchev–Trinajstić information content (AvgIpc) is 2.92. The lowest BCUT2D eigenvalue weighted by Crippen LogP contribution is -1.99. The van der Waals surface area contributed by atoms with Gasteiger partial charge in [-0.3, -0.25) is 0 Å². The van der Waals surface area contributed by atoms with Crippen LogP contribution in [0.15, 0.2) is 52.8 Å². The highest BCUT2D eigenvalue weighted by atomic mass is 32.2. The monoisotopic (exact) mass is 284 g/mol. The van der Waals surface area contributed by atoms with Gasteiger partial charge in [-0.25, -0.2) is 4.98 Å². The molecule has 0 saturated carbocycles. The van der Waals surface area contributed by atoms with Crippen molar-refractivity contribution in [3.05, 3.63) is 48.2 Å². The van der Waals surface area contributed by atoms with Gasteiger partial charge in [0, 0.05) is 11.9 Å². The highest BCUT2D eigenvalue weighted by molar-refractivity contribution is 7.99. The summed E-state index contributed by atoms with van der Waals surface area (Å²) in [6, 6.07) is 11.5. The maximum absolute atomic E-state index is 5.89. The van der Waals surface area contributed by atoms with Gasteiger partial charge in [0.15, 0.2) is 0 Å². The Balaban J connectivity index is 1.92. The van der Waals surface area contributed by atoms with Crippen molar-refractivity contribution in [2.45, 2.75) is 17.1 Å². The number of pyridine rings is 1. The van der Waals surface area contributed by atoms with Gasteiger partial charge >= 0.3 is 0 Å². The summed E-state index contributed by atoms with van der Waals surface area (Å²) in [5, 5.41) is 13.1. The van der Waals surface area contributed by atoms with Crippen molar-refractivity contribution >= 4 is 17.4 Å². The molecule has 0 fully saturated rings. The molecule has 0 atom stereocenters. The normalized spacial score (nSPS) is 10.7. The second kappa shape index (κ2) is 5.30. The maximum atomic E-state index is 5.89. The zero-order chi connectivity index (χ0) is 13.9. The number of hydrogen-bond acceptors (Lipinski definition) is 6. The Kier molecular flexibility index (Phi) is 3.34. The molecule has 6 nitrogen and oxygen atoms in total. The van der Waals surface area contributed by atoms with Crippen molar-refractivity contribution in [3.8, 4) is 5.69 Å². The molecule has 0 aliphatic heterocycles. The van der Waals surface area contributed by atoms with Crippen LogP contribution in [0.3, 0.4) is 0 Å². The summed E-state index contributed by atoms with van der Waals surface area (Å²) in [5.74, 6) is 0. The molecule has 7 heteroatoms. The first kappa shape index (κ1) is 12.6. The predicted molar refractivity (Wildman–Crippen MR) is 76.7 cm³/mol. The van der Waals surface area contributed by atoms with Crippen molar-refractivity contribution in [2.24, 2.45) is 0 Å². The fraction of sp³-hybridized carbons (Fsp3) is 0.0769. The van der Waals surface area contributed by atoms with Crippen LogP contribution >= 0.6 is 11.8 Å². The Hall–Kier alpha value is -2.41. The minimum absolute atomic E-state index is 0.645. The van der Waals surface area contributed by atoms with Crippen LogP contribution in [0.5, 0.6) is 0 Å². The number of tetrazole rings is 1. The third-order valence-corrected chi connectivity index (χ3v) is 3.63. The van der Waals surface area contributed by atoms with Gasteiger partial charge in [0.25, 0.3) is 0 Å². The summed E-state index contributed by atoms with van der Waals surface area (Å²) in [6.07, 6.45) is 1.74. The van der Waals surface area contributed by atoms with E-state index in [1.165, 1.54) is 11.8 Å². The largest absolute Gasteiger partial charge is 0.398 e. The van der Waals surface area contributed by atoms with Crippen LogP contribution in [0.25, 0.3) is 5.69 Å². The molecule has 100 valence electrons. The smallest absolute Gasteiger partial charge is 0.220 e. The second-order valence-corrected chi connectivity index (χ2v) is 5.18. The summed E-state index contributed by atoms with van der Waals surface area (Å²) in [6.45, 7) is 1.92. The molecule has 0 aliphatic carbocycles. The first-order chi connectivity index (χ1) is 9.74. The number of nitrogens with two attached hydrogens (primary N) is 1. The van der Waals surface area contributed by atoms with Crippen molar-refractivity contribution in [1.82, 2.24) is 25.2 Å². The summed E-state index contributed by atoms with van der Waals surface area (Å²) >= 11 is 1.37. The quantitative estimate of drug-likeness (QED) is 0.793. The predicted octanol–water partition coefficient (Wildman–Crippen LogP) is 2.10. The topological polar surface area (TPSA) is 82.5 Å². The zero-order valence-electron chi connectivity index (χ0n) is 10.8. The van der Waals surface area contributed by atoms with E-state index in [-0.39, 0.29) is 0 Å². The molecule has 0 radical (unpaired) electrons. The second-order valence-electron chi connectivity index (χ2n) is 4.19. The first-order valence-corrected chi connectivity index (χ1v) is 6.79. The molecule has 0 spiro atoms. The number of nitrogens with zero attached hydrogens (tertiary/aromatic N) is 5. The summed E-state index contributed by atoms with van der Waals surface area (Å²) in [7, 11) is 0. The van der Waals surface area contributed by atoms with Gasteiger partial charge < -0.3 is 5.73 Å². The number of hydrogen-bond donors (Lipinski definition) is 1. The molecular formula is C13H12N6S. The first-order valence-electron chi connectivity index (χ1n) is 5.98. The van der Waals surface area contributed by atoms with Gasteiger partial charge in [0.05, 0.1) is 5.69 Å². The third kappa shape index (κ3) is 2.48. The molecule has 2 aromatic heterocycles. The van der Waals surface area contributed by atoms with Crippen molar-refractivity contribution in [1.29, 1.82) is 0 Å². The van der Waals surface area contributed by atoms with E-state index in [0.29, 0.717) is 10.8 Å². The lowest BCUT2D eigenvalue weighted by Gasteiger charge is -2.05. The molecule has 0 bridgehead atoms. The third-order valence-electron chi connectivity index (χ3n) is 2.76. The summed E-state index contributed by atoms with van der Waals surface area (Å²) < 4.78 is 1.67. The Morgan fingerprint density at radius 1 is 1.20 bits per heavy atom. The van der Waals surface area contributed by atoms with E-state index >= 15 is 0 Å². The van der Waals surface area contributed by atoms with Crippen LogP contribution in [0, 0.1) is 6.92 Å². The molecule has 0 saturated heterocycles. The molecule has 0 unspecified atom stereocenters. The minimum atomic E-state index is 0.645. The molecule has 2 heterocycles. The molecule has 2 N–H and O–H groups in total. The number of benzene rings is 1. The number of para-hydroxylation sites is 1. The number of rotatable bonds is 3. The van der Waals surface area contributed by atoms with Crippen molar-refractivity contribution in [2.75, 3.05) is 5.73 Å². The molecule has 3 aromatic rings. The average molecular weight is 284 g/mol. The highest BCUT2D eigenvalue weighted by Gasteiger charge is 2.11. The number of aromatic nitrogens is 5. The van der Waals surface area contributed by atoms with Gasteiger partial charge in [-0.05, 0) is 52.9 Å². The van der Waals surface area contributed by atoms with Gasteiger partial charge in [0.2, 0.25) is 5.16 Å². The molecule has 3 rings (SSSR count). The molecule has 0 amide bonds. The van der Waals surface area contributed by atoms with Crippen LogP contribution in [-0.2, 0) is 0 Å². The lowest BCUT2D eigenvalue weighted by molar-refractivity contribution is 0.756. The van der Waals surface area contributed by atoms with Gasteiger partial charge in [-0.2, -0.15) is 4.68 Å². The SMILES string of the molecule is Cc1cnc(Sc2nnnn2-c2ccccc2)cc1N. The Bertz CT molecular complexity index is 725. The Labute approximate surface area is 120 Å². The Morgan fingerprint density at radius 2 is 2.00 bits per heavy atom. The van der Waals surface area contributed by atoms with Crippen molar-refractivity contribution < 1.29 is 0 Å². The van der Waals surface area contributed by atoms with E-state index in [1.807, 2.05) is 43.3 Å². The van der Waals surface area contributed by atoms with Crippen LogP contribution in [-0.4, -0.2) is 25.2 Å². The van der Waals surface area contributed by atoms with E-state index in [0.717, 1.165) is 16.3 Å². The highest BCUT2D eigenvalue weighted by Crippen LogP contribution is 2.27. The van der Waals surface area contributed by atoms with E-state index in [2.05, 4.69) is 20.5 Å². The fourth-order valence-electron chi connectivity index (χ4n) is 1.64. The van der Waals surface area contributed by atoms with E-state index < -0.39 is 0 Å². The molecule has 1 aromatic carbocycles. The van der Waals surface area contributed by atoms with E-state index in [9.17, 15) is 0 Å². The number of nitrogen functional groups attached to an aromatic ring is 1. The number of anilines is 1. The van der Waals surface area contributed by atoms with E-state index in [1.54, 1.807) is 10.9 Å². The maximum Gasteiger partial charge on any atom is 0.220 e. The molecule has 0 aliphatic rings. The van der Waals surface area contributed by atoms with Gasteiger partial charge in [-0.1, -0.05) is 18.2 Å². The van der Waals surface area contributed by atoms with Crippen LogP contribution in [0.4, 0.5) is 5.69 Å². The van der Waals surface area contributed by atoms with Crippen LogP contribution in [0.2, 0.25) is 0 Å². The van der Waals surface area contributed by atoms with Crippen LogP contribution < -0.4 is 5.73 Å². The fourth-order valence-corrected chi connectivity index (χ4v) is 2.43. The zero-order valence-corrected chi connectivity index (χ0v) is 11.6. The minimum Gasteiger partial charge on any atom is -0.398 e. The molecular weight excluding hydrogens is 272 g/mol. The summed E-state index contributed by atoms with van der Waals surface area (Å²) in [5.41, 5.74) is 8.45. The summed E-state index contributed by atoms with van der Waals surface area (Å²) in [4.78, 5) is 4.32.